The Hall–Kier alpha value is -2.62. The zero-order chi connectivity index (χ0) is 24.4. The summed E-state index contributed by atoms with van der Waals surface area (Å²) >= 11 is 0. The molecule has 35 heavy (non-hydrogen) atoms. The molecule has 0 saturated heterocycles. The number of fused-ring (bicyclic) bond motifs is 3. The van der Waals surface area contributed by atoms with Crippen LogP contribution in [0.3, 0.4) is 0 Å². The molecular weight excluding hydrogens is 436 g/mol. The minimum absolute atomic E-state index is 0.0934. The van der Waals surface area contributed by atoms with E-state index in [4.69, 9.17) is 0 Å². The molecule has 3 aliphatic rings. The molecule has 2 atom stereocenters. The van der Waals surface area contributed by atoms with Crippen LogP contribution >= 0.6 is 0 Å². The van der Waals surface area contributed by atoms with Crippen molar-refractivity contribution in [3.63, 3.8) is 0 Å². The van der Waals surface area contributed by atoms with E-state index in [-0.39, 0.29) is 24.7 Å². The zero-order valence-corrected chi connectivity index (χ0v) is 20.6. The fourth-order valence-electron chi connectivity index (χ4n) is 8.22. The van der Waals surface area contributed by atoms with Crippen LogP contribution in [0.4, 0.5) is 0 Å². The summed E-state index contributed by atoms with van der Waals surface area (Å²) in [5.41, 5.74) is 4.10. The lowest BCUT2D eigenvalue weighted by Crippen LogP contribution is -2.50. The van der Waals surface area contributed by atoms with Gasteiger partial charge in [0.1, 0.15) is 0 Å². The van der Waals surface area contributed by atoms with E-state index in [1.807, 2.05) is 0 Å². The van der Waals surface area contributed by atoms with Gasteiger partial charge in [0.2, 0.25) is 0 Å². The third kappa shape index (κ3) is 4.30. The molecule has 0 spiro atoms. The van der Waals surface area contributed by atoms with E-state index in [1.54, 1.807) is 0 Å². The van der Waals surface area contributed by atoms with E-state index in [2.05, 4.69) is 48.5 Å². The Morgan fingerprint density at radius 2 is 1.03 bits per heavy atom. The summed E-state index contributed by atoms with van der Waals surface area (Å²) in [4.78, 5) is 25.0. The van der Waals surface area contributed by atoms with E-state index < -0.39 is 17.4 Å². The first-order chi connectivity index (χ1) is 17.0. The maximum Gasteiger partial charge on any atom is 0.303 e. The lowest BCUT2D eigenvalue weighted by Gasteiger charge is -2.51. The highest BCUT2D eigenvalue weighted by atomic mass is 16.4. The van der Waals surface area contributed by atoms with E-state index in [9.17, 15) is 19.8 Å². The third-order valence-electron chi connectivity index (χ3n) is 9.43. The molecule has 0 bridgehead atoms. The summed E-state index contributed by atoms with van der Waals surface area (Å²) < 4.78 is 0. The summed E-state index contributed by atoms with van der Waals surface area (Å²) in [6.45, 7) is 0. The SMILES string of the molecule is O=C(O)CC(C1CCCCC1)C1(C(CC(=O)O)C2CCCCC2)c2ccccc2-c2ccccc21. The molecule has 2 aromatic carbocycles. The average Bonchev–Trinajstić information content (AvgIpc) is 3.18. The summed E-state index contributed by atoms with van der Waals surface area (Å²) in [7, 11) is 0. The number of benzene rings is 2. The van der Waals surface area contributed by atoms with Gasteiger partial charge in [-0.15, -0.1) is 0 Å². The second kappa shape index (κ2) is 10.2. The van der Waals surface area contributed by atoms with Crippen LogP contribution in [0.15, 0.2) is 48.5 Å². The van der Waals surface area contributed by atoms with Crippen molar-refractivity contribution in [1.29, 1.82) is 0 Å². The molecule has 2 unspecified atom stereocenters. The first-order valence-corrected chi connectivity index (χ1v) is 13.7. The highest BCUT2D eigenvalue weighted by Gasteiger charge is 2.57. The normalized spacial score (nSPS) is 21.6. The van der Waals surface area contributed by atoms with Gasteiger partial charge in [0.05, 0.1) is 0 Å². The van der Waals surface area contributed by atoms with Gasteiger partial charge >= 0.3 is 11.9 Å². The fraction of sp³-hybridized carbons (Fsp3) is 0.548. The topological polar surface area (TPSA) is 74.6 Å². The van der Waals surface area contributed by atoms with Crippen LogP contribution in [0, 0.1) is 23.7 Å². The molecule has 5 rings (SSSR count). The van der Waals surface area contributed by atoms with E-state index in [0.717, 1.165) is 51.4 Å². The Balaban J connectivity index is 1.80. The van der Waals surface area contributed by atoms with Crippen molar-refractivity contribution in [1.82, 2.24) is 0 Å². The maximum absolute atomic E-state index is 12.5. The van der Waals surface area contributed by atoms with Gasteiger partial charge in [0, 0.05) is 18.3 Å². The number of aliphatic carboxylic acids is 2. The van der Waals surface area contributed by atoms with Crippen LogP contribution in [0.25, 0.3) is 11.1 Å². The van der Waals surface area contributed by atoms with Crippen molar-refractivity contribution < 1.29 is 19.8 Å². The third-order valence-corrected chi connectivity index (χ3v) is 9.43. The van der Waals surface area contributed by atoms with E-state index in [1.165, 1.54) is 35.1 Å². The minimum atomic E-state index is -0.764. The molecule has 0 radical (unpaired) electrons. The molecule has 3 aliphatic carbocycles. The molecule has 0 aliphatic heterocycles. The number of hydrogen-bond donors (Lipinski definition) is 2. The van der Waals surface area contributed by atoms with Crippen molar-refractivity contribution >= 4 is 11.9 Å². The minimum Gasteiger partial charge on any atom is -0.481 e. The van der Waals surface area contributed by atoms with Gasteiger partial charge in [-0.25, -0.2) is 0 Å². The predicted octanol–water partition coefficient (Wildman–Crippen LogP) is 7.30. The first kappa shape index (κ1) is 24.1. The highest BCUT2D eigenvalue weighted by Crippen LogP contribution is 2.63. The van der Waals surface area contributed by atoms with Gasteiger partial charge in [-0.3, -0.25) is 9.59 Å². The van der Waals surface area contributed by atoms with Crippen LogP contribution in [-0.2, 0) is 15.0 Å². The van der Waals surface area contributed by atoms with Crippen molar-refractivity contribution in [3.05, 3.63) is 59.7 Å². The largest absolute Gasteiger partial charge is 0.481 e. The molecule has 0 heterocycles. The molecular formula is C31H38O4. The molecule has 0 aromatic heterocycles. The summed E-state index contributed by atoms with van der Waals surface area (Å²) in [5, 5.41) is 20.5. The second-order valence-electron chi connectivity index (χ2n) is 11.2. The van der Waals surface area contributed by atoms with Crippen molar-refractivity contribution in [3.8, 4) is 11.1 Å². The van der Waals surface area contributed by atoms with Crippen LogP contribution in [0.2, 0.25) is 0 Å². The number of rotatable bonds is 8. The van der Waals surface area contributed by atoms with Crippen molar-refractivity contribution in [2.24, 2.45) is 23.7 Å². The standard InChI is InChI=1S/C31H38O4/c32-29(33)19-27(21-11-3-1-4-12-21)31(28(20-30(34)35)22-13-5-2-6-14-22)25-17-9-7-15-23(25)24-16-8-10-18-26(24)31/h7-10,15-18,21-22,27-28H,1-6,11-14,19-20H2,(H,32,33)(H,34,35). The molecule has 0 amide bonds. The lowest BCUT2D eigenvalue weighted by atomic mass is 9.51. The average molecular weight is 475 g/mol. The number of carboxylic acids is 2. The quantitative estimate of drug-likeness (QED) is 0.421. The Morgan fingerprint density at radius 1 is 0.657 bits per heavy atom. The summed E-state index contributed by atoms with van der Waals surface area (Å²) in [5.74, 6) is -1.18. The van der Waals surface area contributed by atoms with Crippen LogP contribution in [0.5, 0.6) is 0 Å². The molecule has 2 saturated carbocycles. The fourth-order valence-corrected chi connectivity index (χ4v) is 8.22. The first-order valence-electron chi connectivity index (χ1n) is 13.7. The van der Waals surface area contributed by atoms with Crippen molar-refractivity contribution in [2.45, 2.75) is 82.5 Å². The Labute approximate surface area is 208 Å². The number of carboxylic acid groups (broad SMARTS) is 2. The second-order valence-corrected chi connectivity index (χ2v) is 11.2. The number of hydrogen-bond acceptors (Lipinski definition) is 2. The molecule has 2 aromatic rings. The summed E-state index contributed by atoms with van der Waals surface area (Å²) in [6, 6.07) is 16.9. The monoisotopic (exact) mass is 474 g/mol. The smallest absolute Gasteiger partial charge is 0.303 e. The van der Waals surface area contributed by atoms with Crippen LogP contribution in [0.1, 0.15) is 88.2 Å². The zero-order valence-electron chi connectivity index (χ0n) is 20.6. The van der Waals surface area contributed by atoms with Crippen LogP contribution < -0.4 is 0 Å². The van der Waals surface area contributed by atoms with E-state index >= 15 is 0 Å². The molecule has 2 N–H and O–H groups in total. The predicted molar refractivity (Wildman–Crippen MR) is 137 cm³/mol. The van der Waals surface area contributed by atoms with Crippen LogP contribution in [-0.4, -0.2) is 22.2 Å². The Kier molecular flexibility index (Phi) is 7.00. The van der Waals surface area contributed by atoms with Gasteiger partial charge in [-0.05, 0) is 45.9 Å². The Morgan fingerprint density at radius 3 is 1.40 bits per heavy atom. The van der Waals surface area contributed by atoms with Gasteiger partial charge in [-0.1, -0.05) is 113 Å². The molecule has 4 nitrogen and oxygen atoms in total. The van der Waals surface area contributed by atoms with Crippen molar-refractivity contribution in [2.75, 3.05) is 0 Å². The maximum atomic E-state index is 12.5. The Bertz CT molecular complexity index is 976. The lowest BCUT2D eigenvalue weighted by molar-refractivity contribution is -0.141. The van der Waals surface area contributed by atoms with E-state index in [0.29, 0.717) is 11.8 Å². The highest BCUT2D eigenvalue weighted by molar-refractivity contribution is 5.83. The molecule has 2 fully saturated rings. The van der Waals surface area contributed by atoms with Gasteiger partial charge < -0.3 is 10.2 Å². The summed E-state index contributed by atoms with van der Waals surface area (Å²) in [6.07, 6.45) is 11.3. The number of carbonyl (C=O) groups is 2. The molecule has 4 heteroatoms. The molecule has 186 valence electrons. The van der Waals surface area contributed by atoms with Gasteiger partial charge in [-0.2, -0.15) is 0 Å². The van der Waals surface area contributed by atoms with Gasteiger partial charge in [0.25, 0.3) is 0 Å². The van der Waals surface area contributed by atoms with Gasteiger partial charge in [0.15, 0.2) is 0 Å².